The molecular weight excluding hydrogens is 272 g/mol. The maximum absolute atomic E-state index is 12.1. The van der Waals surface area contributed by atoms with Crippen molar-refractivity contribution in [2.24, 2.45) is 0 Å². The number of nitrogens with one attached hydrogen (secondary N) is 1. The first kappa shape index (κ1) is 15.5. The maximum atomic E-state index is 12.1. The number of hydrogen-bond donors (Lipinski definition) is 1. The summed E-state index contributed by atoms with van der Waals surface area (Å²) in [7, 11) is 0. The zero-order chi connectivity index (χ0) is 15.9. The lowest BCUT2D eigenvalue weighted by Crippen LogP contribution is -2.23. The maximum Gasteiger partial charge on any atom is 0.262 e. The van der Waals surface area contributed by atoms with Gasteiger partial charge in [-0.3, -0.25) is 4.79 Å². The van der Waals surface area contributed by atoms with E-state index in [9.17, 15) is 10.1 Å². The Morgan fingerprint density at radius 3 is 2.55 bits per heavy atom. The highest BCUT2D eigenvalue weighted by molar-refractivity contribution is 6.01. The van der Waals surface area contributed by atoms with Gasteiger partial charge in [0.25, 0.3) is 5.91 Å². The van der Waals surface area contributed by atoms with Crippen molar-refractivity contribution in [3.63, 3.8) is 0 Å². The number of nitriles is 1. The molecule has 0 aliphatic carbocycles. The Morgan fingerprint density at radius 2 is 1.91 bits per heavy atom. The van der Waals surface area contributed by atoms with Gasteiger partial charge in [-0.25, -0.2) is 0 Å². The number of rotatable bonds is 4. The number of nitrogens with zero attached hydrogens (tertiary/aromatic N) is 1. The third-order valence-corrected chi connectivity index (χ3v) is 3.39. The molecule has 0 aliphatic rings. The van der Waals surface area contributed by atoms with Crippen LogP contribution in [-0.4, -0.2) is 5.91 Å². The van der Waals surface area contributed by atoms with Crippen LogP contribution < -0.4 is 5.32 Å². The van der Waals surface area contributed by atoms with Crippen LogP contribution in [0.25, 0.3) is 6.08 Å². The van der Waals surface area contributed by atoms with E-state index in [0.29, 0.717) is 6.54 Å². The molecule has 1 N–H and O–H groups in total. The fraction of sp³-hybridized carbons (Fsp3) is 0.158. The Bertz CT molecular complexity index is 740. The topological polar surface area (TPSA) is 52.9 Å². The van der Waals surface area contributed by atoms with Crippen LogP contribution in [0.15, 0.2) is 54.1 Å². The lowest BCUT2D eigenvalue weighted by Gasteiger charge is -2.06. The number of benzene rings is 2. The minimum absolute atomic E-state index is 0.114. The lowest BCUT2D eigenvalue weighted by atomic mass is 10.0. The summed E-state index contributed by atoms with van der Waals surface area (Å²) < 4.78 is 0. The van der Waals surface area contributed by atoms with Crippen LogP contribution in [0.4, 0.5) is 0 Å². The zero-order valence-electron chi connectivity index (χ0n) is 12.8. The van der Waals surface area contributed by atoms with Crippen molar-refractivity contribution in [2.45, 2.75) is 20.4 Å². The highest BCUT2D eigenvalue weighted by Gasteiger charge is 2.09. The van der Waals surface area contributed by atoms with Crippen molar-refractivity contribution < 1.29 is 4.79 Å². The number of hydrogen-bond acceptors (Lipinski definition) is 2. The van der Waals surface area contributed by atoms with Crippen LogP contribution in [0.1, 0.15) is 22.3 Å². The molecule has 2 rings (SSSR count). The van der Waals surface area contributed by atoms with E-state index >= 15 is 0 Å². The van der Waals surface area contributed by atoms with Crippen LogP contribution in [-0.2, 0) is 11.3 Å². The van der Waals surface area contributed by atoms with Gasteiger partial charge in [0.2, 0.25) is 0 Å². The van der Waals surface area contributed by atoms with Gasteiger partial charge >= 0.3 is 0 Å². The van der Waals surface area contributed by atoms with Gasteiger partial charge in [0.1, 0.15) is 11.6 Å². The molecule has 3 heteroatoms. The summed E-state index contributed by atoms with van der Waals surface area (Å²) >= 11 is 0. The Balaban J connectivity index is 2.12. The molecule has 2 aromatic rings. The normalized spacial score (nSPS) is 10.9. The van der Waals surface area contributed by atoms with Gasteiger partial charge in [0, 0.05) is 6.54 Å². The lowest BCUT2D eigenvalue weighted by molar-refractivity contribution is -0.117. The van der Waals surface area contributed by atoms with Crippen LogP contribution in [0.3, 0.4) is 0 Å². The summed E-state index contributed by atoms with van der Waals surface area (Å²) in [6.45, 7) is 4.39. The van der Waals surface area contributed by atoms with Gasteiger partial charge in [-0.1, -0.05) is 54.1 Å². The Labute approximate surface area is 130 Å². The molecule has 0 fully saturated rings. The second-order valence-electron chi connectivity index (χ2n) is 5.20. The quantitative estimate of drug-likeness (QED) is 0.692. The molecule has 0 aliphatic heterocycles. The van der Waals surface area contributed by atoms with Crippen LogP contribution >= 0.6 is 0 Å². The van der Waals surface area contributed by atoms with Crippen molar-refractivity contribution >= 4 is 12.0 Å². The summed E-state index contributed by atoms with van der Waals surface area (Å²) in [6.07, 6.45) is 1.63. The molecule has 1 amide bonds. The number of aryl methyl sites for hydroxylation is 2. The van der Waals surface area contributed by atoms with Gasteiger partial charge < -0.3 is 5.32 Å². The molecule has 0 radical (unpaired) electrons. The molecule has 0 aromatic heterocycles. The van der Waals surface area contributed by atoms with Crippen LogP contribution in [0.2, 0.25) is 0 Å². The van der Waals surface area contributed by atoms with Gasteiger partial charge in [-0.05, 0) is 36.6 Å². The summed E-state index contributed by atoms with van der Waals surface area (Å²) in [5, 5.41) is 12.0. The first-order valence-corrected chi connectivity index (χ1v) is 7.11. The zero-order valence-corrected chi connectivity index (χ0v) is 12.8. The van der Waals surface area contributed by atoms with E-state index in [2.05, 4.69) is 5.32 Å². The monoisotopic (exact) mass is 290 g/mol. The predicted molar refractivity (Wildman–Crippen MR) is 87.8 cm³/mol. The van der Waals surface area contributed by atoms with E-state index in [4.69, 9.17) is 0 Å². The summed E-state index contributed by atoms with van der Waals surface area (Å²) in [5.41, 5.74) is 4.20. The van der Waals surface area contributed by atoms with E-state index in [-0.39, 0.29) is 11.5 Å². The smallest absolute Gasteiger partial charge is 0.262 e. The van der Waals surface area contributed by atoms with Gasteiger partial charge in [-0.15, -0.1) is 0 Å². The second kappa shape index (κ2) is 7.24. The first-order valence-electron chi connectivity index (χ1n) is 7.11. The SMILES string of the molecule is Cc1ccc(/C=C(\C#N)C(=O)NCc2ccccc2)c(C)c1. The molecule has 0 bridgehead atoms. The van der Waals surface area contributed by atoms with Crippen molar-refractivity contribution in [3.05, 3.63) is 76.4 Å². The predicted octanol–water partition coefficient (Wildman–Crippen LogP) is 3.53. The van der Waals surface area contributed by atoms with Crippen LogP contribution in [0, 0.1) is 25.2 Å². The molecule has 0 spiro atoms. The molecule has 22 heavy (non-hydrogen) atoms. The van der Waals surface area contributed by atoms with E-state index in [1.807, 2.05) is 68.4 Å². The van der Waals surface area contributed by atoms with Crippen molar-refractivity contribution in [3.8, 4) is 6.07 Å². The Hall–Kier alpha value is -2.86. The Morgan fingerprint density at radius 1 is 1.18 bits per heavy atom. The minimum Gasteiger partial charge on any atom is -0.347 e. The fourth-order valence-electron chi connectivity index (χ4n) is 2.17. The van der Waals surface area contributed by atoms with Crippen molar-refractivity contribution in [1.82, 2.24) is 5.32 Å². The highest BCUT2D eigenvalue weighted by Crippen LogP contribution is 2.14. The van der Waals surface area contributed by atoms with Gasteiger partial charge in [0.15, 0.2) is 0 Å². The molecule has 0 heterocycles. The van der Waals surface area contributed by atoms with E-state index in [1.165, 1.54) is 0 Å². The minimum atomic E-state index is -0.355. The highest BCUT2D eigenvalue weighted by atomic mass is 16.1. The number of amides is 1. The van der Waals surface area contributed by atoms with Gasteiger partial charge in [-0.2, -0.15) is 5.26 Å². The van der Waals surface area contributed by atoms with E-state index in [0.717, 1.165) is 22.3 Å². The van der Waals surface area contributed by atoms with E-state index < -0.39 is 0 Å². The fourth-order valence-corrected chi connectivity index (χ4v) is 2.17. The van der Waals surface area contributed by atoms with Gasteiger partial charge in [0.05, 0.1) is 0 Å². The molecule has 2 aromatic carbocycles. The van der Waals surface area contributed by atoms with Crippen molar-refractivity contribution in [2.75, 3.05) is 0 Å². The molecule has 0 saturated carbocycles. The van der Waals surface area contributed by atoms with E-state index in [1.54, 1.807) is 6.08 Å². The van der Waals surface area contributed by atoms with Crippen molar-refractivity contribution in [1.29, 1.82) is 5.26 Å². The van der Waals surface area contributed by atoms with Crippen LogP contribution in [0.5, 0.6) is 0 Å². The number of carbonyl (C=O) groups excluding carboxylic acids is 1. The number of carbonyl (C=O) groups is 1. The largest absolute Gasteiger partial charge is 0.347 e. The average molecular weight is 290 g/mol. The molecular formula is C19H18N2O. The molecule has 110 valence electrons. The summed E-state index contributed by atoms with van der Waals surface area (Å²) in [4.78, 5) is 12.1. The summed E-state index contributed by atoms with van der Waals surface area (Å²) in [5.74, 6) is -0.355. The third-order valence-electron chi connectivity index (χ3n) is 3.39. The first-order chi connectivity index (χ1) is 10.6. The molecule has 0 saturated heterocycles. The standard InChI is InChI=1S/C19H18N2O/c1-14-8-9-17(15(2)10-14)11-18(12-20)19(22)21-13-16-6-4-3-5-7-16/h3-11H,13H2,1-2H3,(H,21,22)/b18-11+. The molecule has 0 unspecified atom stereocenters. The second-order valence-corrected chi connectivity index (χ2v) is 5.20. The molecule has 3 nitrogen and oxygen atoms in total. The average Bonchev–Trinajstić information content (AvgIpc) is 2.53. The molecule has 0 atom stereocenters. The Kier molecular flexibility index (Phi) is 5.11. The summed E-state index contributed by atoms with van der Waals surface area (Å²) in [6, 6.07) is 17.5. The third kappa shape index (κ3) is 4.07.